The van der Waals surface area contributed by atoms with Gasteiger partial charge in [-0.1, -0.05) is 28.9 Å². The minimum Gasteiger partial charge on any atom is -0.246 e. The summed E-state index contributed by atoms with van der Waals surface area (Å²) < 4.78 is 1.75. The summed E-state index contributed by atoms with van der Waals surface area (Å²) in [6, 6.07) is 7.69. The Morgan fingerprint density at radius 1 is 1.33 bits per heavy atom. The van der Waals surface area contributed by atoms with E-state index in [-0.39, 0.29) is 0 Å². The van der Waals surface area contributed by atoms with Crippen molar-refractivity contribution >= 4 is 22.9 Å². The highest BCUT2D eigenvalue weighted by Gasteiger charge is 2.05. The predicted molar refractivity (Wildman–Crippen MR) is 71.7 cm³/mol. The normalized spacial score (nSPS) is 10.7. The second kappa shape index (κ2) is 4.88. The van der Waals surface area contributed by atoms with Crippen LogP contribution in [0.1, 0.15) is 5.01 Å². The maximum absolute atomic E-state index is 5.97. The minimum atomic E-state index is 0.644. The molecule has 0 saturated carbocycles. The second-order valence-electron chi connectivity index (χ2n) is 3.74. The molecule has 4 nitrogen and oxygen atoms in total. The molecule has 2 aromatic heterocycles. The van der Waals surface area contributed by atoms with Crippen LogP contribution in [0.15, 0.2) is 42.0 Å². The second-order valence-corrected chi connectivity index (χ2v) is 5.12. The van der Waals surface area contributed by atoms with Crippen LogP contribution in [0.2, 0.25) is 5.02 Å². The summed E-state index contributed by atoms with van der Waals surface area (Å²) in [6.45, 7) is 0.644. The van der Waals surface area contributed by atoms with Gasteiger partial charge in [-0.3, -0.25) is 0 Å². The molecule has 0 amide bonds. The van der Waals surface area contributed by atoms with Gasteiger partial charge in [0.15, 0.2) is 0 Å². The largest absolute Gasteiger partial charge is 0.246 e. The highest BCUT2D eigenvalue weighted by molar-refractivity contribution is 7.09. The number of rotatable bonds is 3. The summed E-state index contributed by atoms with van der Waals surface area (Å²) in [5.74, 6) is 0. The van der Waals surface area contributed by atoms with Crippen LogP contribution in [0, 0.1) is 0 Å². The van der Waals surface area contributed by atoms with Crippen molar-refractivity contribution in [3.05, 3.63) is 52.1 Å². The van der Waals surface area contributed by atoms with E-state index in [0.717, 1.165) is 21.3 Å². The highest BCUT2D eigenvalue weighted by Crippen LogP contribution is 2.24. The van der Waals surface area contributed by atoms with Crippen molar-refractivity contribution in [3.8, 4) is 11.3 Å². The van der Waals surface area contributed by atoms with E-state index < -0.39 is 0 Å². The van der Waals surface area contributed by atoms with Gasteiger partial charge in [0.05, 0.1) is 18.4 Å². The monoisotopic (exact) mass is 276 g/mol. The van der Waals surface area contributed by atoms with Crippen LogP contribution in [0.4, 0.5) is 0 Å². The lowest BCUT2D eigenvalue weighted by Gasteiger charge is -1.97. The van der Waals surface area contributed by atoms with E-state index in [0.29, 0.717) is 6.54 Å². The number of halogens is 1. The molecule has 0 atom stereocenters. The SMILES string of the molecule is Clc1cccc(-c2csc(Cn3ccnn3)n2)c1. The summed E-state index contributed by atoms with van der Waals surface area (Å²) in [6.07, 6.45) is 3.48. The molecule has 0 bridgehead atoms. The molecule has 0 saturated heterocycles. The lowest BCUT2D eigenvalue weighted by Crippen LogP contribution is -1.99. The van der Waals surface area contributed by atoms with Crippen LogP contribution in [0.5, 0.6) is 0 Å². The molecule has 0 radical (unpaired) electrons. The van der Waals surface area contributed by atoms with Gasteiger partial charge >= 0.3 is 0 Å². The summed E-state index contributed by atoms with van der Waals surface area (Å²) in [7, 11) is 0. The molecule has 0 spiro atoms. The Bertz CT molecular complexity index is 648. The first-order valence-corrected chi connectivity index (χ1v) is 6.61. The Morgan fingerprint density at radius 2 is 2.28 bits per heavy atom. The van der Waals surface area contributed by atoms with Crippen LogP contribution in [0.3, 0.4) is 0 Å². The number of thiazole rings is 1. The fraction of sp³-hybridized carbons (Fsp3) is 0.0833. The van der Waals surface area contributed by atoms with E-state index in [9.17, 15) is 0 Å². The minimum absolute atomic E-state index is 0.644. The van der Waals surface area contributed by atoms with Crippen molar-refractivity contribution in [2.24, 2.45) is 0 Å². The van der Waals surface area contributed by atoms with E-state index >= 15 is 0 Å². The van der Waals surface area contributed by atoms with E-state index in [1.165, 1.54) is 0 Å². The van der Waals surface area contributed by atoms with Gasteiger partial charge < -0.3 is 0 Å². The lowest BCUT2D eigenvalue weighted by molar-refractivity contribution is 0.647. The van der Waals surface area contributed by atoms with E-state index in [2.05, 4.69) is 15.3 Å². The average Bonchev–Trinajstić information content (AvgIpc) is 3.01. The van der Waals surface area contributed by atoms with Gasteiger partial charge in [0.1, 0.15) is 5.01 Å². The molecular weight excluding hydrogens is 268 g/mol. The zero-order valence-electron chi connectivity index (χ0n) is 9.32. The standard InChI is InChI=1S/C12H9ClN4S/c13-10-3-1-2-9(6-10)11-8-18-12(15-11)7-17-5-4-14-16-17/h1-6,8H,7H2. The first kappa shape index (κ1) is 11.4. The molecule has 0 fully saturated rings. The molecule has 6 heteroatoms. The maximum atomic E-state index is 5.97. The van der Waals surface area contributed by atoms with Crippen molar-refractivity contribution in [1.82, 2.24) is 20.0 Å². The summed E-state index contributed by atoms with van der Waals surface area (Å²) in [5, 5.41) is 11.4. The van der Waals surface area contributed by atoms with Crippen LogP contribution in [-0.4, -0.2) is 20.0 Å². The van der Waals surface area contributed by atoms with E-state index in [4.69, 9.17) is 11.6 Å². The van der Waals surface area contributed by atoms with Crippen LogP contribution >= 0.6 is 22.9 Å². The molecule has 0 aliphatic heterocycles. The van der Waals surface area contributed by atoms with Crippen molar-refractivity contribution < 1.29 is 0 Å². The fourth-order valence-corrected chi connectivity index (χ4v) is 2.60. The Labute approximate surface area is 113 Å². The molecule has 90 valence electrons. The topological polar surface area (TPSA) is 43.6 Å². The summed E-state index contributed by atoms with van der Waals surface area (Å²) >= 11 is 7.58. The predicted octanol–water partition coefficient (Wildman–Crippen LogP) is 3.10. The fourth-order valence-electron chi connectivity index (χ4n) is 1.62. The molecule has 1 aromatic carbocycles. The summed E-state index contributed by atoms with van der Waals surface area (Å²) in [5.41, 5.74) is 1.97. The molecular formula is C12H9ClN4S. The van der Waals surface area contributed by atoms with Crippen LogP contribution < -0.4 is 0 Å². The third-order valence-corrected chi connectivity index (χ3v) is 3.51. The highest BCUT2D eigenvalue weighted by atomic mass is 35.5. The van der Waals surface area contributed by atoms with Gasteiger partial charge in [-0.15, -0.1) is 16.4 Å². The Balaban J connectivity index is 1.85. The van der Waals surface area contributed by atoms with Crippen LogP contribution in [-0.2, 0) is 6.54 Å². The van der Waals surface area contributed by atoms with Gasteiger partial charge in [-0.2, -0.15) is 0 Å². The zero-order chi connectivity index (χ0) is 12.4. The Hall–Kier alpha value is -1.72. The maximum Gasteiger partial charge on any atom is 0.115 e. The molecule has 0 aliphatic carbocycles. The molecule has 18 heavy (non-hydrogen) atoms. The first-order valence-electron chi connectivity index (χ1n) is 5.36. The lowest BCUT2D eigenvalue weighted by atomic mass is 10.2. The average molecular weight is 277 g/mol. The van der Waals surface area contributed by atoms with E-state index in [1.54, 1.807) is 22.2 Å². The quantitative estimate of drug-likeness (QED) is 0.738. The molecule has 0 unspecified atom stereocenters. The number of benzene rings is 1. The Kier molecular flexibility index (Phi) is 3.08. The smallest absolute Gasteiger partial charge is 0.115 e. The van der Waals surface area contributed by atoms with Gasteiger partial charge in [0.25, 0.3) is 0 Å². The van der Waals surface area contributed by atoms with Crippen molar-refractivity contribution in [3.63, 3.8) is 0 Å². The molecule has 2 heterocycles. The third-order valence-electron chi connectivity index (χ3n) is 2.44. The van der Waals surface area contributed by atoms with Crippen molar-refractivity contribution in [1.29, 1.82) is 0 Å². The third kappa shape index (κ3) is 2.42. The zero-order valence-corrected chi connectivity index (χ0v) is 10.9. The Morgan fingerprint density at radius 3 is 3.06 bits per heavy atom. The number of aromatic nitrogens is 4. The number of hydrogen-bond donors (Lipinski definition) is 0. The van der Waals surface area contributed by atoms with Crippen LogP contribution in [0.25, 0.3) is 11.3 Å². The van der Waals surface area contributed by atoms with Gasteiger partial charge in [-0.05, 0) is 12.1 Å². The molecule has 0 aliphatic rings. The number of nitrogens with zero attached hydrogens (tertiary/aromatic N) is 4. The molecule has 3 rings (SSSR count). The van der Waals surface area contributed by atoms with Crippen molar-refractivity contribution in [2.75, 3.05) is 0 Å². The molecule has 0 N–H and O–H groups in total. The van der Waals surface area contributed by atoms with Gasteiger partial charge in [0, 0.05) is 22.2 Å². The van der Waals surface area contributed by atoms with E-state index in [1.807, 2.05) is 35.8 Å². The first-order chi connectivity index (χ1) is 8.81. The van der Waals surface area contributed by atoms with Crippen molar-refractivity contribution in [2.45, 2.75) is 6.54 Å². The van der Waals surface area contributed by atoms with Gasteiger partial charge in [-0.25, -0.2) is 9.67 Å². The van der Waals surface area contributed by atoms with Gasteiger partial charge in [0.2, 0.25) is 0 Å². The number of hydrogen-bond acceptors (Lipinski definition) is 4. The summed E-state index contributed by atoms with van der Waals surface area (Å²) in [4.78, 5) is 4.57. The molecule has 3 aromatic rings.